The average Bonchev–Trinajstić information content (AvgIpc) is 2.13. The lowest BCUT2D eigenvalue weighted by Crippen LogP contribution is -1.98. The smallest absolute Gasteiger partial charge is 0.328 e. The van der Waals surface area contributed by atoms with Crippen LogP contribution in [0.25, 0.3) is 6.08 Å². The van der Waals surface area contributed by atoms with Gasteiger partial charge >= 0.3 is 5.97 Å². The molecule has 1 aromatic carbocycles. The predicted molar refractivity (Wildman–Crippen MR) is 54.2 cm³/mol. The largest absolute Gasteiger partial charge is 0.478 e. The molecular weight excluding hydrogens is 200 g/mol. The second-order valence-corrected chi connectivity index (χ2v) is 2.71. The van der Waals surface area contributed by atoms with Crippen molar-refractivity contribution < 1.29 is 14.8 Å². The molecule has 0 fully saturated rings. The fraction of sp³-hybridized carbons (Fsp3) is 0. The lowest BCUT2D eigenvalue weighted by Gasteiger charge is -1.99. The van der Waals surface area contributed by atoms with Crippen molar-refractivity contribution in [3.63, 3.8) is 0 Å². The van der Waals surface area contributed by atoms with Gasteiger partial charge in [0.1, 0.15) is 5.69 Å². The molecule has 6 nitrogen and oxygen atoms in total. The van der Waals surface area contributed by atoms with E-state index in [-0.39, 0.29) is 16.9 Å². The van der Waals surface area contributed by atoms with E-state index in [0.717, 1.165) is 12.2 Å². The van der Waals surface area contributed by atoms with E-state index >= 15 is 0 Å². The monoisotopic (exact) mass is 208 g/mol. The van der Waals surface area contributed by atoms with E-state index in [9.17, 15) is 14.9 Å². The number of nitro groups is 1. The summed E-state index contributed by atoms with van der Waals surface area (Å²) in [6.45, 7) is 0. The Hall–Kier alpha value is -2.37. The third-order valence-corrected chi connectivity index (χ3v) is 1.69. The van der Waals surface area contributed by atoms with E-state index in [1.54, 1.807) is 0 Å². The highest BCUT2D eigenvalue weighted by Crippen LogP contribution is 2.26. The first kappa shape index (κ1) is 10.7. The summed E-state index contributed by atoms with van der Waals surface area (Å²) in [6, 6.07) is 4.33. The van der Waals surface area contributed by atoms with Crippen LogP contribution in [0, 0.1) is 10.1 Å². The van der Waals surface area contributed by atoms with Gasteiger partial charge in [0.2, 0.25) is 0 Å². The Labute approximate surface area is 84.8 Å². The van der Waals surface area contributed by atoms with Gasteiger partial charge in [-0.2, -0.15) is 0 Å². The highest BCUT2D eigenvalue weighted by atomic mass is 16.6. The zero-order valence-corrected chi connectivity index (χ0v) is 7.58. The Morgan fingerprint density at radius 2 is 2.20 bits per heavy atom. The number of aliphatic carboxylic acids is 1. The summed E-state index contributed by atoms with van der Waals surface area (Å²) < 4.78 is 0. The molecule has 0 saturated carbocycles. The van der Waals surface area contributed by atoms with Gasteiger partial charge in [-0.1, -0.05) is 6.07 Å². The van der Waals surface area contributed by atoms with Crippen LogP contribution in [-0.4, -0.2) is 16.0 Å². The standard InChI is InChI=1S/C9H8N2O4/c10-7-3-1-2-6(4-5-8(12)13)9(7)11(14)15/h1-5H,10H2,(H,12,13)/b5-4+. The molecule has 0 saturated heterocycles. The van der Waals surface area contributed by atoms with Crippen molar-refractivity contribution in [3.8, 4) is 0 Å². The van der Waals surface area contributed by atoms with Crippen molar-refractivity contribution >= 4 is 23.4 Å². The maximum atomic E-state index is 10.6. The van der Waals surface area contributed by atoms with Crippen LogP contribution in [-0.2, 0) is 4.79 Å². The molecule has 78 valence electrons. The summed E-state index contributed by atoms with van der Waals surface area (Å²) in [5.41, 5.74) is 5.30. The highest BCUT2D eigenvalue weighted by molar-refractivity contribution is 5.87. The second-order valence-electron chi connectivity index (χ2n) is 2.71. The molecule has 1 aromatic rings. The number of para-hydroxylation sites is 1. The maximum Gasteiger partial charge on any atom is 0.328 e. The van der Waals surface area contributed by atoms with Gasteiger partial charge in [0.15, 0.2) is 0 Å². The number of carbonyl (C=O) groups is 1. The zero-order chi connectivity index (χ0) is 11.4. The fourth-order valence-electron chi connectivity index (χ4n) is 1.09. The van der Waals surface area contributed by atoms with Crippen LogP contribution in [0.5, 0.6) is 0 Å². The van der Waals surface area contributed by atoms with Gasteiger partial charge in [0, 0.05) is 6.08 Å². The molecule has 0 aliphatic rings. The molecule has 0 atom stereocenters. The molecule has 15 heavy (non-hydrogen) atoms. The summed E-state index contributed by atoms with van der Waals surface area (Å²) in [5, 5.41) is 19.0. The number of anilines is 1. The molecule has 1 rings (SSSR count). The van der Waals surface area contributed by atoms with Crippen molar-refractivity contribution in [1.29, 1.82) is 0 Å². The van der Waals surface area contributed by atoms with Gasteiger partial charge in [-0.3, -0.25) is 10.1 Å². The zero-order valence-electron chi connectivity index (χ0n) is 7.58. The van der Waals surface area contributed by atoms with E-state index in [4.69, 9.17) is 10.8 Å². The molecule has 0 amide bonds. The van der Waals surface area contributed by atoms with Crippen LogP contribution < -0.4 is 5.73 Å². The number of nitrogen functional groups attached to an aromatic ring is 1. The number of nitrogens with zero attached hydrogens (tertiary/aromatic N) is 1. The molecule has 0 aliphatic carbocycles. The first-order valence-corrected chi connectivity index (χ1v) is 3.96. The van der Waals surface area contributed by atoms with Crippen molar-refractivity contribution in [2.75, 3.05) is 5.73 Å². The topological polar surface area (TPSA) is 106 Å². The number of nitrogens with two attached hydrogens (primary N) is 1. The summed E-state index contributed by atoms with van der Waals surface area (Å²) in [7, 11) is 0. The molecule has 0 spiro atoms. The number of carboxylic acid groups (broad SMARTS) is 1. The lowest BCUT2D eigenvalue weighted by molar-refractivity contribution is -0.384. The molecule has 0 unspecified atom stereocenters. The highest BCUT2D eigenvalue weighted by Gasteiger charge is 2.15. The Bertz CT molecular complexity index is 440. The number of hydrogen-bond acceptors (Lipinski definition) is 4. The Morgan fingerprint density at radius 1 is 1.53 bits per heavy atom. The van der Waals surface area contributed by atoms with Gasteiger partial charge < -0.3 is 10.8 Å². The first-order valence-electron chi connectivity index (χ1n) is 3.96. The van der Waals surface area contributed by atoms with E-state index in [1.165, 1.54) is 18.2 Å². The summed E-state index contributed by atoms with van der Waals surface area (Å²) in [5.74, 6) is -1.17. The molecule has 0 aliphatic heterocycles. The molecule has 6 heteroatoms. The van der Waals surface area contributed by atoms with E-state index in [1.807, 2.05) is 0 Å². The Balaban J connectivity index is 3.23. The molecule has 0 bridgehead atoms. The van der Waals surface area contributed by atoms with Crippen LogP contribution in [0.2, 0.25) is 0 Å². The minimum Gasteiger partial charge on any atom is -0.478 e. The first-order chi connectivity index (χ1) is 7.02. The molecule has 0 aromatic heterocycles. The van der Waals surface area contributed by atoms with Gasteiger partial charge in [0.05, 0.1) is 10.5 Å². The van der Waals surface area contributed by atoms with E-state index in [0.29, 0.717) is 0 Å². The maximum absolute atomic E-state index is 10.6. The quantitative estimate of drug-likeness (QED) is 0.336. The fourth-order valence-corrected chi connectivity index (χ4v) is 1.09. The SMILES string of the molecule is Nc1cccc(/C=C/C(=O)O)c1[N+](=O)[O-]. The van der Waals surface area contributed by atoms with Crippen LogP contribution in [0.4, 0.5) is 11.4 Å². The number of hydrogen-bond donors (Lipinski definition) is 2. The molecule has 0 heterocycles. The normalized spacial score (nSPS) is 10.4. The second kappa shape index (κ2) is 4.23. The van der Waals surface area contributed by atoms with Crippen molar-refractivity contribution in [1.82, 2.24) is 0 Å². The lowest BCUT2D eigenvalue weighted by atomic mass is 10.1. The molecule has 0 radical (unpaired) electrons. The van der Waals surface area contributed by atoms with Crippen molar-refractivity contribution in [2.24, 2.45) is 0 Å². The third kappa shape index (κ3) is 2.53. The number of rotatable bonds is 3. The van der Waals surface area contributed by atoms with Crippen LogP contribution in [0.1, 0.15) is 5.56 Å². The van der Waals surface area contributed by atoms with Gasteiger partial charge in [0.25, 0.3) is 5.69 Å². The number of carboxylic acids is 1. The van der Waals surface area contributed by atoms with Crippen LogP contribution in [0.15, 0.2) is 24.3 Å². The predicted octanol–water partition coefficient (Wildman–Crippen LogP) is 1.27. The van der Waals surface area contributed by atoms with Crippen LogP contribution >= 0.6 is 0 Å². The number of nitro benzene ring substituents is 1. The molecule has 3 N–H and O–H groups in total. The Morgan fingerprint density at radius 3 is 2.73 bits per heavy atom. The minimum atomic E-state index is -1.17. The molecular formula is C9H8N2O4. The van der Waals surface area contributed by atoms with Crippen LogP contribution in [0.3, 0.4) is 0 Å². The van der Waals surface area contributed by atoms with Crippen molar-refractivity contribution in [3.05, 3.63) is 40.0 Å². The number of benzene rings is 1. The van der Waals surface area contributed by atoms with Gasteiger partial charge in [-0.15, -0.1) is 0 Å². The summed E-state index contributed by atoms with van der Waals surface area (Å²) in [4.78, 5) is 20.2. The Kier molecular flexibility index (Phi) is 3.02. The minimum absolute atomic E-state index is 0.00698. The van der Waals surface area contributed by atoms with Gasteiger partial charge in [-0.05, 0) is 18.2 Å². The van der Waals surface area contributed by atoms with E-state index < -0.39 is 10.9 Å². The summed E-state index contributed by atoms with van der Waals surface area (Å²) >= 11 is 0. The van der Waals surface area contributed by atoms with Crippen molar-refractivity contribution in [2.45, 2.75) is 0 Å². The third-order valence-electron chi connectivity index (χ3n) is 1.69. The van der Waals surface area contributed by atoms with E-state index in [2.05, 4.69) is 0 Å². The average molecular weight is 208 g/mol. The van der Waals surface area contributed by atoms with Gasteiger partial charge in [-0.25, -0.2) is 4.79 Å². The summed E-state index contributed by atoms with van der Waals surface area (Å²) in [6.07, 6.45) is 1.96.